The smallest absolute Gasteiger partial charge is 0.255 e. The standard InChI is InChI=1S/C11H12N4O3/c1-6-10(17)14-9(16)5-15(6)11(18)7-2-3-13-8(12)4-7/h2-4,6H,5H2,1H3,(H2,12,13)(H,14,16,17). The predicted octanol–water partition coefficient (Wildman–Crippen LogP) is -0.849. The lowest BCUT2D eigenvalue weighted by atomic mass is 10.1. The van der Waals surface area contributed by atoms with Crippen molar-refractivity contribution in [3.63, 3.8) is 0 Å². The number of rotatable bonds is 1. The topological polar surface area (TPSA) is 105 Å². The molecule has 94 valence electrons. The van der Waals surface area contributed by atoms with E-state index < -0.39 is 23.8 Å². The first-order chi connectivity index (χ1) is 8.49. The Labute approximate surface area is 103 Å². The van der Waals surface area contributed by atoms with Crippen LogP contribution in [-0.2, 0) is 9.59 Å². The van der Waals surface area contributed by atoms with Crippen LogP contribution in [0.25, 0.3) is 0 Å². The molecule has 1 aliphatic rings. The third-order valence-corrected chi connectivity index (χ3v) is 2.71. The lowest BCUT2D eigenvalue weighted by Gasteiger charge is -2.31. The molecule has 2 heterocycles. The summed E-state index contributed by atoms with van der Waals surface area (Å²) in [7, 11) is 0. The first-order valence-corrected chi connectivity index (χ1v) is 5.35. The molecule has 2 rings (SSSR count). The molecule has 1 fully saturated rings. The van der Waals surface area contributed by atoms with Crippen LogP contribution in [0.5, 0.6) is 0 Å². The molecular weight excluding hydrogens is 236 g/mol. The summed E-state index contributed by atoms with van der Waals surface area (Å²) >= 11 is 0. The molecule has 1 aliphatic heterocycles. The Morgan fingerprint density at radius 3 is 2.94 bits per heavy atom. The average Bonchev–Trinajstić information content (AvgIpc) is 2.33. The number of carbonyl (C=O) groups is 3. The van der Waals surface area contributed by atoms with Crippen molar-refractivity contribution < 1.29 is 14.4 Å². The minimum Gasteiger partial charge on any atom is -0.384 e. The first-order valence-electron chi connectivity index (χ1n) is 5.35. The van der Waals surface area contributed by atoms with Gasteiger partial charge in [0.25, 0.3) is 5.91 Å². The number of amides is 3. The number of nitrogens with two attached hydrogens (primary N) is 1. The lowest BCUT2D eigenvalue weighted by molar-refractivity contribution is -0.138. The van der Waals surface area contributed by atoms with E-state index >= 15 is 0 Å². The molecule has 3 amide bonds. The Hall–Kier alpha value is -2.44. The van der Waals surface area contributed by atoms with E-state index in [0.29, 0.717) is 5.56 Å². The number of anilines is 1. The van der Waals surface area contributed by atoms with Crippen molar-refractivity contribution in [1.82, 2.24) is 15.2 Å². The van der Waals surface area contributed by atoms with Gasteiger partial charge in [0.2, 0.25) is 11.8 Å². The maximum absolute atomic E-state index is 12.2. The largest absolute Gasteiger partial charge is 0.384 e. The van der Waals surface area contributed by atoms with E-state index in [9.17, 15) is 14.4 Å². The van der Waals surface area contributed by atoms with E-state index in [2.05, 4.69) is 10.3 Å². The zero-order valence-corrected chi connectivity index (χ0v) is 9.71. The maximum atomic E-state index is 12.2. The summed E-state index contributed by atoms with van der Waals surface area (Å²) in [5.74, 6) is -1.18. The van der Waals surface area contributed by atoms with E-state index in [1.165, 1.54) is 23.2 Å². The van der Waals surface area contributed by atoms with Gasteiger partial charge >= 0.3 is 0 Å². The Kier molecular flexibility index (Phi) is 2.97. The zero-order valence-electron chi connectivity index (χ0n) is 9.71. The van der Waals surface area contributed by atoms with Gasteiger partial charge in [-0.25, -0.2) is 4.98 Å². The van der Waals surface area contributed by atoms with Gasteiger partial charge in [0.15, 0.2) is 0 Å². The van der Waals surface area contributed by atoms with E-state index in [4.69, 9.17) is 5.73 Å². The van der Waals surface area contributed by atoms with E-state index in [1.54, 1.807) is 6.92 Å². The number of carbonyl (C=O) groups excluding carboxylic acids is 3. The van der Waals surface area contributed by atoms with Gasteiger partial charge in [-0.15, -0.1) is 0 Å². The van der Waals surface area contributed by atoms with Gasteiger partial charge in [-0.1, -0.05) is 0 Å². The molecule has 18 heavy (non-hydrogen) atoms. The molecule has 0 aliphatic carbocycles. The number of pyridine rings is 1. The van der Waals surface area contributed by atoms with Crippen molar-refractivity contribution in [1.29, 1.82) is 0 Å². The molecule has 1 unspecified atom stereocenters. The number of nitrogens with one attached hydrogen (secondary N) is 1. The normalized spacial score (nSPS) is 19.6. The van der Waals surface area contributed by atoms with Crippen LogP contribution < -0.4 is 11.1 Å². The van der Waals surface area contributed by atoms with E-state index in [1.807, 2.05) is 0 Å². The van der Waals surface area contributed by atoms with Crippen molar-refractivity contribution in [2.24, 2.45) is 0 Å². The Morgan fingerprint density at radius 2 is 2.28 bits per heavy atom. The van der Waals surface area contributed by atoms with Crippen LogP contribution in [0, 0.1) is 0 Å². The molecule has 0 saturated carbocycles. The predicted molar refractivity (Wildman–Crippen MR) is 62.3 cm³/mol. The fourth-order valence-electron chi connectivity index (χ4n) is 1.71. The third-order valence-electron chi connectivity index (χ3n) is 2.71. The fraction of sp³-hybridized carbons (Fsp3) is 0.273. The summed E-state index contributed by atoms with van der Waals surface area (Å²) in [6, 6.07) is 2.21. The summed E-state index contributed by atoms with van der Waals surface area (Å²) in [5, 5.41) is 2.17. The van der Waals surface area contributed by atoms with Crippen molar-refractivity contribution in [3.05, 3.63) is 23.9 Å². The maximum Gasteiger partial charge on any atom is 0.255 e. The molecule has 1 atom stereocenters. The number of hydrogen-bond acceptors (Lipinski definition) is 5. The third kappa shape index (κ3) is 2.15. The van der Waals surface area contributed by atoms with Crippen LogP contribution in [-0.4, -0.2) is 40.2 Å². The van der Waals surface area contributed by atoms with Crippen molar-refractivity contribution in [3.8, 4) is 0 Å². The van der Waals surface area contributed by atoms with Crippen LogP contribution in [0.1, 0.15) is 17.3 Å². The molecule has 7 nitrogen and oxygen atoms in total. The highest BCUT2D eigenvalue weighted by atomic mass is 16.2. The molecule has 1 aromatic rings. The van der Waals surface area contributed by atoms with Crippen molar-refractivity contribution in [2.45, 2.75) is 13.0 Å². The summed E-state index contributed by atoms with van der Waals surface area (Å²) < 4.78 is 0. The van der Waals surface area contributed by atoms with Crippen molar-refractivity contribution in [2.75, 3.05) is 12.3 Å². The van der Waals surface area contributed by atoms with Crippen molar-refractivity contribution >= 4 is 23.5 Å². The summed E-state index contributed by atoms with van der Waals surface area (Å²) in [6.07, 6.45) is 1.40. The van der Waals surface area contributed by atoms with E-state index in [0.717, 1.165) is 0 Å². The highest BCUT2D eigenvalue weighted by Gasteiger charge is 2.33. The highest BCUT2D eigenvalue weighted by Crippen LogP contribution is 2.12. The number of nitrogens with zero attached hydrogens (tertiary/aromatic N) is 2. The van der Waals surface area contributed by atoms with Crippen LogP contribution in [0.15, 0.2) is 18.3 Å². The quantitative estimate of drug-likeness (QED) is 0.630. The van der Waals surface area contributed by atoms with Gasteiger partial charge in [0.1, 0.15) is 18.4 Å². The fourth-order valence-corrected chi connectivity index (χ4v) is 1.71. The van der Waals surface area contributed by atoms with Crippen LogP contribution in [0.4, 0.5) is 5.82 Å². The van der Waals surface area contributed by atoms with Crippen LogP contribution in [0.2, 0.25) is 0 Å². The molecule has 3 N–H and O–H groups in total. The molecule has 0 aromatic carbocycles. The van der Waals surface area contributed by atoms with Gasteiger partial charge in [-0.3, -0.25) is 19.7 Å². The average molecular weight is 248 g/mol. The second kappa shape index (κ2) is 4.44. The highest BCUT2D eigenvalue weighted by molar-refractivity contribution is 6.07. The zero-order chi connectivity index (χ0) is 13.3. The second-order valence-electron chi connectivity index (χ2n) is 3.99. The minimum absolute atomic E-state index is 0.145. The molecule has 0 spiro atoms. The van der Waals surface area contributed by atoms with Gasteiger partial charge in [0, 0.05) is 11.8 Å². The van der Waals surface area contributed by atoms with Gasteiger partial charge < -0.3 is 10.6 Å². The molecular formula is C11H12N4O3. The van der Waals surface area contributed by atoms with Gasteiger partial charge in [0.05, 0.1) is 0 Å². The van der Waals surface area contributed by atoms with Crippen LogP contribution in [0.3, 0.4) is 0 Å². The minimum atomic E-state index is -0.690. The first kappa shape index (κ1) is 12.0. The van der Waals surface area contributed by atoms with Gasteiger partial charge in [-0.05, 0) is 19.1 Å². The molecule has 0 radical (unpaired) electrons. The molecule has 7 heteroatoms. The van der Waals surface area contributed by atoms with Crippen LogP contribution >= 0.6 is 0 Å². The summed E-state index contributed by atoms with van der Waals surface area (Å²) in [6.45, 7) is 1.41. The number of hydrogen-bond donors (Lipinski definition) is 2. The van der Waals surface area contributed by atoms with E-state index in [-0.39, 0.29) is 12.4 Å². The SMILES string of the molecule is CC1C(=O)NC(=O)CN1C(=O)c1ccnc(N)c1. The Balaban J connectivity index is 2.27. The Morgan fingerprint density at radius 1 is 1.56 bits per heavy atom. The molecule has 0 bridgehead atoms. The monoisotopic (exact) mass is 248 g/mol. The second-order valence-corrected chi connectivity index (χ2v) is 3.99. The molecule has 1 aromatic heterocycles. The number of aromatic nitrogens is 1. The summed E-state index contributed by atoms with van der Waals surface area (Å²) in [5.41, 5.74) is 5.79. The number of piperazine rings is 1. The van der Waals surface area contributed by atoms with Gasteiger partial charge in [-0.2, -0.15) is 0 Å². The Bertz CT molecular complexity index is 529. The number of nitrogen functional groups attached to an aromatic ring is 1. The molecule has 1 saturated heterocycles. The number of imide groups is 1. The summed E-state index contributed by atoms with van der Waals surface area (Å²) in [4.78, 5) is 39.9. The lowest BCUT2D eigenvalue weighted by Crippen LogP contribution is -2.58.